The molecule has 1 aliphatic rings. The van der Waals surface area contributed by atoms with Crippen LogP contribution in [0.15, 0.2) is 66.9 Å². The van der Waals surface area contributed by atoms with Gasteiger partial charge in [0.2, 0.25) is 5.88 Å². The number of aromatic nitrogens is 1. The first-order chi connectivity index (χ1) is 15.5. The van der Waals surface area contributed by atoms with Crippen LogP contribution in [0.2, 0.25) is 5.02 Å². The third-order valence-corrected chi connectivity index (χ3v) is 5.28. The molecule has 6 nitrogen and oxygen atoms in total. The lowest BCUT2D eigenvalue weighted by Crippen LogP contribution is -2.48. The van der Waals surface area contributed by atoms with E-state index in [0.29, 0.717) is 41.7 Å². The molecule has 1 unspecified atom stereocenters. The van der Waals surface area contributed by atoms with Gasteiger partial charge in [0.1, 0.15) is 18.5 Å². The van der Waals surface area contributed by atoms with Crippen LogP contribution in [0.3, 0.4) is 0 Å². The molecule has 32 heavy (non-hydrogen) atoms. The highest BCUT2D eigenvalue weighted by Crippen LogP contribution is 2.19. The minimum Gasteiger partial charge on any atom is -0.475 e. The van der Waals surface area contributed by atoms with E-state index in [0.717, 1.165) is 0 Å². The van der Waals surface area contributed by atoms with Crippen molar-refractivity contribution in [3.05, 3.63) is 94.4 Å². The van der Waals surface area contributed by atoms with Crippen molar-refractivity contribution in [1.29, 1.82) is 0 Å². The van der Waals surface area contributed by atoms with Gasteiger partial charge in [-0.3, -0.25) is 9.59 Å². The summed E-state index contributed by atoms with van der Waals surface area (Å²) in [5, 5.41) is 0.511. The standard InChI is InChI=1S/C24H20ClFN2O4/c25-17-7-10-22(27-13-17)32-15-19-14-28(11-12-31-19)24(30)21-4-2-1-3-20(21)23(29)16-5-8-18(26)9-6-16/h1-10,13,19H,11-12,14-15H2. The van der Waals surface area contributed by atoms with Gasteiger partial charge in [0.05, 0.1) is 23.7 Å². The highest BCUT2D eigenvalue weighted by Gasteiger charge is 2.28. The number of morpholine rings is 1. The van der Waals surface area contributed by atoms with Crippen molar-refractivity contribution in [3.63, 3.8) is 0 Å². The average Bonchev–Trinajstić information content (AvgIpc) is 2.83. The Morgan fingerprint density at radius 1 is 1.09 bits per heavy atom. The SMILES string of the molecule is O=C(c1ccc(F)cc1)c1ccccc1C(=O)N1CCOC(COc2ccc(Cl)cn2)C1. The highest BCUT2D eigenvalue weighted by atomic mass is 35.5. The molecule has 1 fully saturated rings. The maximum Gasteiger partial charge on any atom is 0.254 e. The molecule has 8 heteroatoms. The van der Waals surface area contributed by atoms with Crippen molar-refractivity contribution >= 4 is 23.3 Å². The molecule has 0 radical (unpaired) electrons. The summed E-state index contributed by atoms with van der Waals surface area (Å²) < 4.78 is 24.6. The Bertz CT molecular complexity index is 1110. The van der Waals surface area contributed by atoms with Crippen LogP contribution in [0.25, 0.3) is 0 Å². The van der Waals surface area contributed by atoms with Crippen LogP contribution in [0, 0.1) is 5.82 Å². The fourth-order valence-corrected chi connectivity index (χ4v) is 3.54. The zero-order valence-corrected chi connectivity index (χ0v) is 17.8. The number of hydrogen-bond donors (Lipinski definition) is 0. The van der Waals surface area contributed by atoms with Gasteiger partial charge in [0.25, 0.3) is 5.91 Å². The number of nitrogens with zero attached hydrogens (tertiary/aromatic N) is 2. The van der Waals surface area contributed by atoms with Crippen LogP contribution >= 0.6 is 11.6 Å². The van der Waals surface area contributed by atoms with Gasteiger partial charge < -0.3 is 14.4 Å². The summed E-state index contributed by atoms with van der Waals surface area (Å²) in [5.41, 5.74) is 0.881. The lowest BCUT2D eigenvalue weighted by atomic mass is 9.97. The summed E-state index contributed by atoms with van der Waals surface area (Å²) in [6, 6.07) is 15.2. The third kappa shape index (κ3) is 5.12. The Morgan fingerprint density at radius 2 is 1.84 bits per heavy atom. The first-order valence-electron chi connectivity index (χ1n) is 10.1. The summed E-state index contributed by atoms with van der Waals surface area (Å²) in [7, 11) is 0. The number of carbonyl (C=O) groups excluding carboxylic acids is 2. The molecule has 1 amide bonds. The van der Waals surface area contributed by atoms with E-state index in [-0.39, 0.29) is 30.0 Å². The van der Waals surface area contributed by atoms with Gasteiger partial charge in [-0.25, -0.2) is 9.37 Å². The lowest BCUT2D eigenvalue weighted by Gasteiger charge is -2.33. The number of halogens is 2. The Morgan fingerprint density at radius 3 is 2.56 bits per heavy atom. The molecule has 4 rings (SSSR count). The van der Waals surface area contributed by atoms with Crippen LogP contribution in [0.1, 0.15) is 26.3 Å². The summed E-state index contributed by atoms with van der Waals surface area (Å²) in [6.07, 6.45) is 1.15. The molecular formula is C24H20ClFN2O4. The molecule has 1 atom stereocenters. The monoisotopic (exact) mass is 454 g/mol. The van der Waals surface area contributed by atoms with Crippen LogP contribution in [0.5, 0.6) is 5.88 Å². The maximum absolute atomic E-state index is 13.3. The second-order valence-electron chi connectivity index (χ2n) is 7.25. The summed E-state index contributed by atoms with van der Waals surface area (Å²) in [6.45, 7) is 1.27. The van der Waals surface area contributed by atoms with E-state index in [1.54, 1.807) is 41.3 Å². The molecule has 2 heterocycles. The number of amides is 1. The van der Waals surface area contributed by atoms with E-state index in [4.69, 9.17) is 21.1 Å². The predicted molar refractivity (Wildman–Crippen MR) is 117 cm³/mol. The molecule has 1 aromatic heterocycles. The van der Waals surface area contributed by atoms with Gasteiger partial charge in [-0.05, 0) is 36.4 Å². The number of ether oxygens (including phenoxy) is 2. The molecule has 2 aromatic carbocycles. The smallest absolute Gasteiger partial charge is 0.254 e. The summed E-state index contributed by atoms with van der Waals surface area (Å²) in [5.74, 6) is -0.622. The maximum atomic E-state index is 13.3. The molecule has 0 aliphatic carbocycles. The third-order valence-electron chi connectivity index (χ3n) is 5.05. The minimum atomic E-state index is -0.429. The highest BCUT2D eigenvalue weighted by molar-refractivity contribution is 6.30. The van der Waals surface area contributed by atoms with Crippen molar-refractivity contribution < 1.29 is 23.5 Å². The van der Waals surface area contributed by atoms with Gasteiger partial charge in [-0.15, -0.1) is 0 Å². The van der Waals surface area contributed by atoms with Gasteiger partial charge in [-0.1, -0.05) is 29.8 Å². The molecule has 1 aliphatic heterocycles. The van der Waals surface area contributed by atoms with Crippen molar-refractivity contribution in [3.8, 4) is 5.88 Å². The summed E-state index contributed by atoms with van der Waals surface area (Å²) >= 11 is 5.83. The molecule has 1 saturated heterocycles. The lowest BCUT2D eigenvalue weighted by molar-refractivity contribution is -0.0407. The zero-order chi connectivity index (χ0) is 22.5. The second kappa shape index (κ2) is 9.89. The Balaban J connectivity index is 1.46. The van der Waals surface area contributed by atoms with Crippen molar-refractivity contribution in [2.45, 2.75) is 6.10 Å². The quantitative estimate of drug-likeness (QED) is 0.526. The van der Waals surface area contributed by atoms with Gasteiger partial charge >= 0.3 is 0 Å². The Kier molecular flexibility index (Phi) is 6.78. The number of carbonyl (C=O) groups is 2. The summed E-state index contributed by atoms with van der Waals surface area (Å²) in [4.78, 5) is 31.9. The molecule has 3 aromatic rings. The number of pyridine rings is 1. The topological polar surface area (TPSA) is 68.7 Å². The molecule has 0 saturated carbocycles. The van der Waals surface area contributed by atoms with Crippen molar-refractivity contribution in [1.82, 2.24) is 9.88 Å². The molecule has 0 N–H and O–H groups in total. The van der Waals surface area contributed by atoms with Gasteiger partial charge in [0, 0.05) is 29.9 Å². The van der Waals surface area contributed by atoms with Crippen molar-refractivity contribution in [2.75, 3.05) is 26.3 Å². The first-order valence-corrected chi connectivity index (χ1v) is 10.4. The number of rotatable bonds is 6. The average molecular weight is 455 g/mol. The van der Waals surface area contributed by atoms with Crippen LogP contribution in [-0.4, -0.2) is 54.0 Å². The fraction of sp³-hybridized carbons (Fsp3) is 0.208. The molecule has 0 spiro atoms. The van der Waals surface area contributed by atoms with Gasteiger partial charge in [-0.2, -0.15) is 0 Å². The number of hydrogen-bond acceptors (Lipinski definition) is 5. The largest absolute Gasteiger partial charge is 0.475 e. The molecular weight excluding hydrogens is 435 g/mol. The van der Waals surface area contributed by atoms with E-state index in [1.807, 2.05) is 0 Å². The minimum absolute atomic E-state index is 0.217. The number of ketones is 1. The fourth-order valence-electron chi connectivity index (χ4n) is 3.43. The zero-order valence-electron chi connectivity index (χ0n) is 17.0. The van der Waals surface area contributed by atoms with Crippen LogP contribution in [-0.2, 0) is 4.74 Å². The number of benzene rings is 2. The second-order valence-corrected chi connectivity index (χ2v) is 7.69. The predicted octanol–water partition coefficient (Wildman–Crippen LogP) is 4.03. The first kappa shape index (κ1) is 21.9. The van der Waals surface area contributed by atoms with E-state index >= 15 is 0 Å². The van der Waals surface area contributed by atoms with E-state index in [1.165, 1.54) is 30.5 Å². The normalized spacial score (nSPS) is 15.9. The Labute approximate surface area is 189 Å². The van der Waals surface area contributed by atoms with Gasteiger partial charge in [0.15, 0.2) is 5.78 Å². The van der Waals surface area contributed by atoms with Crippen LogP contribution < -0.4 is 4.74 Å². The van der Waals surface area contributed by atoms with E-state index in [2.05, 4.69) is 4.98 Å². The van der Waals surface area contributed by atoms with Crippen LogP contribution in [0.4, 0.5) is 4.39 Å². The van der Waals surface area contributed by atoms with E-state index < -0.39 is 5.82 Å². The molecule has 164 valence electrons. The Hall–Kier alpha value is -3.29. The molecule has 0 bridgehead atoms. The van der Waals surface area contributed by atoms with Crippen molar-refractivity contribution in [2.24, 2.45) is 0 Å². The van der Waals surface area contributed by atoms with E-state index in [9.17, 15) is 14.0 Å².